The van der Waals surface area contributed by atoms with Gasteiger partial charge in [-0.25, -0.2) is 0 Å². The Morgan fingerprint density at radius 3 is 2.47 bits per heavy atom. The van der Waals surface area contributed by atoms with Crippen molar-refractivity contribution in [3.8, 4) is 0 Å². The largest absolute Gasteiger partial charge is 0.440 e. The van der Waals surface area contributed by atoms with Crippen LogP contribution in [-0.4, -0.2) is 36.0 Å². The van der Waals surface area contributed by atoms with Gasteiger partial charge < -0.3 is 9.32 Å². The van der Waals surface area contributed by atoms with Crippen molar-refractivity contribution in [3.63, 3.8) is 0 Å². The van der Waals surface area contributed by atoms with Crippen LogP contribution < -0.4 is 0 Å². The predicted octanol–water partition coefficient (Wildman–Crippen LogP) is 3.18. The van der Waals surface area contributed by atoms with E-state index in [1.165, 1.54) is 12.1 Å². The van der Waals surface area contributed by atoms with Gasteiger partial charge in [-0.1, -0.05) is 0 Å². The third kappa shape index (κ3) is 4.47. The van der Waals surface area contributed by atoms with Gasteiger partial charge in [-0.2, -0.15) is 13.2 Å². The van der Waals surface area contributed by atoms with Crippen LogP contribution in [0.3, 0.4) is 0 Å². The summed E-state index contributed by atoms with van der Waals surface area (Å²) in [6, 6.07) is 2.49. The molecule has 1 amide bonds. The normalized spacial score (nSPS) is 11.6. The maximum absolute atomic E-state index is 12.2. The van der Waals surface area contributed by atoms with Gasteiger partial charge in [0, 0.05) is 12.4 Å². The first-order valence-corrected chi connectivity index (χ1v) is 5.42. The number of carbonyl (C=O) groups excluding carboxylic acids is 1. The van der Waals surface area contributed by atoms with E-state index < -0.39 is 18.6 Å². The van der Waals surface area contributed by atoms with Gasteiger partial charge in [-0.05, 0) is 23.7 Å². The summed E-state index contributed by atoms with van der Waals surface area (Å²) in [4.78, 5) is 12.2. The SMILES string of the molecule is O=C(c1ccc(Cl)o1)N(CCCl)CC(F)(F)F. The van der Waals surface area contributed by atoms with Gasteiger partial charge in [0.15, 0.2) is 11.0 Å². The van der Waals surface area contributed by atoms with Crippen molar-refractivity contribution in [1.29, 1.82) is 0 Å². The summed E-state index contributed by atoms with van der Waals surface area (Å²) in [6.45, 7) is -1.60. The predicted molar refractivity (Wildman–Crippen MR) is 56.4 cm³/mol. The first-order chi connectivity index (χ1) is 7.83. The highest BCUT2D eigenvalue weighted by Gasteiger charge is 2.33. The molecule has 0 unspecified atom stereocenters. The van der Waals surface area contributed by atoms with E-state index in [1.807, 2.05) is 0 Å². The molecule has 1 rings (SSSR count). The molecule has 0 radical (unpaired) electrons. The van der Waals surface area contributed by atoms with Crippen LogP contribution in [0.5, 0.6) is 0 Å². The highest BCUT2D eigenvalue weighted by molar-refractivity contribution is 6.29. The molecule has 1 heterocycles. The molecule has 0 spiro atoms. The van der Waals surface area contributed by atoms with Crippen molar-refractivity contribution in [2.24, 2.45) is 0 Å². The van der Waals surface area contributed by atoms with E-state index in [1.54, 1.807) is 0 Å². The highest BCUT2D eigenvalue weighted by Crippen LogP contribution is 2.20. The van der Waals surface area contributed by atoms with Crippen molar-refractivity contribution in [1.82, 2.24) is 4.90 Å². The molecule has 0 N–H and O–H groups in total. The van der Waals surface area contributed by atoms with E-state index in [4.69, 9.17) is 27.6 Å². The van der Waals surface area contributed by atoms with Crippen molar-refractivity contribution < 1.29 is 22.4 Å². The minimum absolute atomic E-state index is 0.0637. The second-order valence-electron chi connectivity index (χ2n) is 3.13. The van der Waals surface area contributed by atoms with Gasteiger partial charge in [0.2, 0.25) is 0 Å². The van der Waals surface area contributed by atoms with E-state index in [2.05, 4.69) is 0 Å². The fraction of sp³-hybridized carbons (Fsp3) is 0.444. The summed E-state index contributed by atoms with van der Waals surface area (Å²) >= 11 is 10.8. The molecule has 17 heavy (non-hydrogen) atoms. The van der Waals surface area contributed by atoms with Crippen LogP contribution in [0.4, 0.5) is 13.2 Å². The Balaban J connectivity index is 2.80. The molecule has 0 bridgehead atoms. The molecule has 0 aliphatic heterocycles. The standard InChI is InChI=1S/C9H8Cl2F3NO2/c10-3-4-15(5-9(12,13)14)8(16)6-1-2-7(11)17-6/h1-2H,3-5H2. The summed E-state index contributed by atoms with van der Waals surface area (Å²) in [7, 11) is 0. The molecule has 0 aliphatic carbocycles. The van der Waals surface area contributed by atoms with Crippen LogP contribution in [0.2, 0.25) is 5.22 Å². The van der Waals surface area contributed by atoms with Gasteiger partial charge in [0.1, 0.15) is 6.54 Å². The molecule has 3 nitrogen and oxygen atoms in total. The molecule has 0 fully saturated rings. The molecule has 96 valence electrons. The lowest BCUT2D eigenvalue weighted by atomic mass is 10.3. The van der Waals surface area contributed by atoms with Crippen molar-refractivity contribution in [2.45, 2.75) is 6.18 Å². The lowest BCUT2D eigenvalue weighted by Gasteiger charge is -2.21. The average molecular weight is 290 g/mol. The van der Waals surface area contributed by atoms with Crippen LogP contribution in [0, 0.1) is 0 Å². The third-order valence-corrected chi connectivity index (χ3v) is 2.17. The van der Waals surface area contributed by atoms with Gasteiger partial charge >= 0.3 is 6.18 Å². The van der Waals surface area contributed by atoms with E-state index >= 15 is 0 Å². The van der Waals surface area contributed by atoms with E-state index in [9.17, 15) is 18.0 Å². The van der Waals surface area contributed by atoms with Crippen LogP contribution in [0.1, 0.15) is 10.6 Å². The first-order valence-electron chi connectivity index (χ1n) is 4.51. The molecule has 0 atom stereocenters. The van der Waals surface area contributed by atoms with Crippen LogP contribution in [0.25, 0.3) is 0 Å². The number of carbonyl (C=O) groups is 1. The van der Waals surface area contributed by atoms with Crippen molar-refractivity contribution in [3.05, 3.63) is 23.1 Å². The number of hydrogen-bond acceptors (Lipinski definition) is 2. The highest BCUT2D eigenvalue weighted by atomic mass is 35.5. The van der Waals surface area contributed by atoms with Crippen LogP contribution in [0.15, 0.2) is 16.5 Å². The van der Waals surface area contributed by atoms with E-state index in [0.29, 0.717) is 4.90 Å². The molecular formula is C9H8Cl2F3NO2. The summed E-state index contributed by atoms with van der Waals surface area (Å²) in [6.07, 6.45) is -4.49. The monoisotopic (exact) mass is 289 g/mol. The number of hydrogen-bond donors (Lipinski definition) is 0. The van der Waals surface area contributed by atoms with Gasteiger partial charge in [0.25, 0.3) is 5.91 Å². The first kappa shape index (κ1) is 14.2. The molecule has 0 saturated heterocycles. The molecule has 8 heteroatoms. The lowest BCUT2D eigenvalue weighted by molar-refractivity contribution is -0.140. The Hall–Kier alpha value is -0.880. The maximum atomic E-state index is 12.2. The summed E-state index contributed by atoms with van der Waals surface area (Å²) in [5, 5.41) is -0.0637. The van der Waals surface area contributed by atoms with Gasteiger partial charge in [-0.15, -0.1) is 11.6 Å². The number of furan rings is 1. The smallest absolute Gasteiger partial charge is 0.406 e. The van der Waals surface area contributed by atoms with E-state index in [0.717, 1.165) is 0 Å². The Morgan fingerprint density at radius 1 is 1.41 bits per heavy atom. The third-order valence-electron chi connectivity index (χ3n) is 1.80. The fourth-order valence-corrected chi connectivity index (χ4v) is 1.51. The van der Waals surface area contributed by atoms with Gasteiger partial charge in [-0.3, -0.25) is 4.79 Å². The van der Waals surface area contributed by atoms with Crippen molar-refractivity contribution in [2.75, 3.05) is 19.0 Å². The number of alkyl halides is 4. The van der Waals surface area contributed by atoms with Crippen LogP contribution >= 0.6 is 23.2 Å². The number of amides is 1. The average Bonchev–Trinajstić information content (AvgIpc) is 2.61. The minimum atomic E-state index is -4.49. The Morgan fingerprint density at radius 2 is 2.06 bits per heavy atom. The molecule has 1 aromatic rings. The van der Waals surface area contributed by atoms with Gasteiger partial charge in [0.05, 0.1) is 0 Å². The zero-order valence-electron chi connectivity index (χ0n) is 8.43. The van der Waals surface area contributed by atoms with Crippen LogP contribution in [-0.2, 0) is 0 Å². The van der Waals surface area contributed by atoms with Crippen molar-refractivity contribution >= 4 is 29.1 Å². The zero-order valence-corrected chi connectivity index (χ0v) is 9.94. The molecular weight excluding hydrogens is 282 g/mol. The summed E-state index contributed by atoms with van der Waals surface area (Å²) < 4.78 is 41.4. The summed E-state index contributed by atoms with van der Waals surface area (Å²) in [5.41, 5.74) is 0. The zero-order chi connectivity index (χ0) is 13.1. The molecule has 0 aliphatic rings. The van der Waals surface area contributed by atoms with E-state index in [-0.39, 0.29) is 23.4 Å². The Bertz CT molecular complexity index is 392. The Labute approximate surface area is 105 Å². The lowest BCUT2D eigenvalue weighted by Crippen LogP contribution is -2.40. The Kier molecular flexibility index (Phi) is 4.70. The fourth-order valence-electron chi connectivity index (χ4n) is 1.16. The minimum Gasteiger partial charge on any atom is -0.440 e. The maximum Gasteiger partial charge on any atom is 0.406 e. The topological polar surface area (TPSA) is 33.5 Å². The molecule has 0 aromatic carbocycles. The summed E-state index contributed by atoms with van der Waals surface area (Å²) in [5.74, 6) is -1.24. The number of halogens is 5. The quantitative estimate of drug-likeness (QED) is 0.798. The second kappa shape index (κ2) is 5.64. The number of nitrogens with zero attached hydrogens (tertiary/aromatic N) is 1. The molecule has 1 aromatic heterocycles. The molecule has 0 saturated carbocycles. The second-order valence-corrected chi connectivity index (χ2v) is 3.89. The number of rotatable bonds is 4.